The van der Waals surface area contributed by atoms with Gasteiger partial charge in [-0.25, -0.2) is 9.64 Å². The first-order chi connectivity index (χ1) is 8.49. The molecular formula is C12H12ClN3O2. The maximum atomic E-state index is 11.1. The van der Waals surface area contributed by atoms with Crippen LogP contribution in [0.15, 0.2) is 17.2 Å². The monoisotopic (exact) mass is 265 g/mol. The number of methoxy groups -OCH3 is 1. The lowest BCUT2D eigenvalue weighted by molar-refractivity contribution is -0.132. The van der Waals surface area contributed by atoms with Crippen LogP contribution in [0.1, 0.15) is 12.5 Å². The number of hydrogen-bond acceptors (Lipinski definition) is 4. The van der Waals surface area contributed by atoms with Crippen molar-refractivity contribution in [2.45, 2.75) is 13.8 Å². The van der Waals surface area contributed by atoms with E-state index in [1.807, 2.05) is 0 Å². The van der Waals surface area contributed by atoms with Gasteiger partial charge in [-0.05, 0) is 31.5 Å². The average molecular weight is 266 g/mol. The summed E-state index contributed by atoms with van der Waals surface area (Å²) in [5, 5.41) is 4.22. The van der Waals surface area contributed by atoms with E-state index >= 15 is 0 Å². The van der Waals surface area contributed by atoms with Gasteiger partial charge < -0.3 is 4.74 Å². The van der Waals surface area contributed by atoms with E-state index in [2.05, 4.69) is 20.1 Å². The fraction of sp³-hybridized carbons (Fsp3) is 0.250. The second kappa shape index (κ2) is 6.03. The summed E-state index contributed by atoms with van der Waals surface area (Å²) >= 11 is 5.99. The minimum absolute atomic E-state index is 0.181. The Hall–Kier alpha value is -2.06. The highest BCUT2D eigenvalue weighted by atomic mass is 35.5. The van der Waals surface area contributed by atoms with Gasteiger partial charge in [0.25, 0.3) is 0 Å². The van der Waals surface area contributed by atoms with Crippen LogP contribution in [-0.4, -0.2) is 18.8 Å². The van der Waals surface area contributed by atoms with Crippen molar-refractivity contribution in [2.75, 3.05) is 12.5 Å². The van der Waals surface area contributed by atoms with Gasteiger partial charge >= 0.3 is 5.97 Å². The summed E-state index contributed by atoms with van der Waals surface area (Å²) in [6.07, 6.45) is 0. The highest BCUT2D eigenvalue weighted by Crippen LogP contribution is 2.30. The molecule has 6 heteroatoms. The van der Waals surface area contributed by atoms with Gasteiger partial charge in [0.1, 0.15) is 5.71 Å². The number of nitrogens with one attached hydrogen (secondary N) is 1. The zero-order chi connectivity index (χ0) is 13.7. The molecule has 0 spiro atoms. The van der Waals surface area contributed by atoms with E-state index in [9.17, 15) is 4.79 Å². The van der Waals surface area contributed by atoms with Crippen LogP contribution in [0.2, 0.25) is 5.02 Å². The Morgan fingerprint density at radius 3 is 2.78 bits per heavy atom. The molecule has 1 aromatic rings. The highest BCUT2D eigenvalue weighted by Gasteiger charge is 2.07. The molecule has 0 radical (unpaired) electrons. The number of hydrazone groups is 1. The van der Waals surface area contributed by atoms with Crippen molar-refractivity contribution >= 4 is 34.7 Å². The van der Waals surface area contributed by atoms with Gasteiger partial charge in [-0.3, -0.25) is 5.43 Å². The van der Waals surface area contributed by atoms with Crippen LogP contribution in [0, 0.1) is 13.5 Å². The Kier molecular flexibility index (Phi) is 4.69. The predicted octanol–water partition coefficient (Wildman–Crippen LogP) is 3.16. The van der Waals surface area contributed by atoms with Gasteiger partial charge in [0.15, 0.2) is 5.69 Å². The molecule has 0 saturated carbocycles. The quantitative estimate of drug-likeness (QED) is 0.395. The maximum absolute atomic E-state index is 11.1. The minimum atomic E-state index is -0.520. The molecule has 0 aliphatic rings. The van der Waals surface area contributed by atoms with Gasteiger partial charge in [-0.2, -0.15) is 5.10 Å². The maximum Gasteiger partial charge on any atom is 0.353 e. The number of halogens is 1. The number of hydrogen-bond donors (Lipinski definition) is 1. The van der Waals surface area contributed by atoms with Gasteiger partial charge in [-0.15, -0.1) is 0 Å². The first kappa shape index (κ1) is 14.0. The number of ether oxygens (including phenoxy) is 1. The van der Waals surface area contributed by atoms with Crippen molar-refractivity contribution < 1.29 is 9.53 Å². The highest BCUT2D eigenvalue weighted by molar-refractivity contribution is 6.36. The third-order valence-corrected chi connectivity index (χ3v) is 2.54. The Bertz CT molecular complexity index is 547. The van der Waals surface area contributed by atoms with Gasteiger partial charge in [0.05, 0.1) is 24.4 Å². The van der Waals surface area contributed by atoms with Crippen molar-refractivity contribution in [1.82, 2.24) is 0 Å². The van der Waals surface area contributed by atoms with Crippen LogP contribution >= 0.6 is 11.6 Å². The number of benzene rings is 1. The van der Waals surface area contributed by atoms with Crippen molar-refractivity contribution in [3.63, 3.8) is 0 Å². The first-order valence-corrected chi connectivity index (χ1v) is 5.43. The Morgan fingerprint density at radius 1 is 1.56 bits per heavy atom. The molecule has 0 unspecified atom stereocenters. The van der Waals surface area contributed by atoms with Gasteiger partial charge in [-0.1, -0.05) is 11.6 Å². The zero-order valence-corrected chi connectivity index (χ0v) is 11.0. The lowest BCUT2D eigenvalue weighted by Gasteiger charge is -2.07. The molecule has 0 aliphatic heterocycles. The van der Waals surface area contributed by atoms with E-state index in [4.69, 9.17) is 18.2 Å². The number of anilines is 1. The number of aryl methyl sites for hydroxylation is 1. The SMILES string of the molecule is [C-]#[N+]c1cc(Cl)c(N/N=C(\C)C(=O)OC)cc1C. The Labute approximate surface area is 110 Å². The minimum Gasteiger partial charge on any atom is -0.464 e. The third kappa shape index (κ3) is 3.22. The number of carbonyl (C=O) groups is 1. The summed E-state index contributed by atoms with van der Waals surface area (Å²) < 4.78 is 4.51. The number of rotatable bonds is 3. The van der Waals surface area contributed by atoms with Crippen LogP contribution in [0.25, 0.3) is 4.85 Å². The number of carbonyl (C=O) groups excluding carboxylic acids is 1. The van der Waals surface area contributed by atoms with Crippen LogP contribution < -0.4 is 5.43 Å². The van der Waals surface area contributed by atoms with E-state index in [1.165, 1.54) is 14.0 Å². The molecule has 5 nitrogen and oxygen atoms in total. The topological polar surface area (TPSA) is 55.0 Å². The lowest BCUT2D eigenvalue weighted by Crippen LogP contribution is -2.13. The molecule has 18 heavy (non-hydrogen) atoms. The van der Waals surface area contributed by atoms with E-state index in [-0.39, 0.29) is 5.71 Å². The largest absolute Gasteiger partial charge is 0.464 e. The Balaban J connectivity index is 2.97. The number of nitrogens with zero attached hydrogens (tertiary/aromatic N) is 2. The molecule has 0 heterocycles. The first-order valence-electron chi connectivity index (χ1n) is 5.05. The fourth-order valence-corrected chi connectivity index (χ4v) is 1.41. The normalized spacial score (nSPS) is 10.7. The molecule has 0 saturated heterocycles. The van der Waals surface area contributed by atoms with Crippen LogP contribution in [0.4, 0.5) is 11.4 Å². The van der Waals surface area contributed by atoms with Crippen molar-refractivity contribution in [3.05, 3.63) is 34.1 Å². The second-order valence-corrected chi connectivity index (χ2v) is 3.94. The summed E-state index contributed by atoms with van der Waals surface area (Å²) in [6, 6.07) is 3.25. The molecule has 0 amide bonds. The van der Waals surface area contributed by atoms with Crippen molar-refractivity contribution in [1.29, 1.82) is 0 Å². The van der Waals surface area contributed by atoms with Crippen LogP contribution in [0.5, 0.6) is 0 Å². The van der Waals surface area contributed by atoms with Gasteiger partial charge in [0, 0.05) is 0 Å². The van der Waals surface area contributed by atoms with E-state index in [1.54, 1.807) is 19.1 Å². The third-order valence-electron chi connectivity index (χ3n) is 2.23. The van der Waals surface area contributed by atoms with Crippen LogP contribution in [0.3, 0.4) is 0 Å². The molecular weight excluding hydrogens is 254 g/mol. The molecule has 94 valence electrons. The molecule has 0 aromatic heterocycles. The summed E-state index contributed by atoms with van der Waals surface area (Å²) in [7, 11) is 1.28. The predicted molar refractivity (Wildman–Crippen MR) is 71.2 cm³/mol. The fourth-order valence-electron chi connectivity index (χ4n) is 1.21. The van der Waals surface area contributed by atoms with E-state index < -0.39 is 5.97 Å². The summed E-state index contributed by atoms with van der Waals surface area (Å²) in [5.41, 5.74) is 4.65. The van der Waals surface area contributed by atoms with E-state index in [0.29, 0.717) is 16.4 Å². The molecule has 0 fully saturated rings. The zero-order valence-electron chi connectivity index (χ0n) is 10.2. The standard InChI is InChI=1S/C12H12ClN3O2/c1-7-5-11(9(13)6-10(7)14-3)16-15-8(2)12(17)18-4/h5-6,16H,1-2,4H3/b15-8+. The summed E-state index contributed by atoms with van der Waals surface area (Å²) in [5.74, 6) is -0.520. The second-order valence-electron chi connectivity index (χ2n) is 3.53. The molecule has 1 rings (SSSR count). The van der Waals surface area contributed by atoms with E-state index in [0.717, 1.165) is 5.56 Å². The summed E-state index contributed by atoms with van der Waals surface area (Å²) in [4.78, 5) is 14.5. The summed E-state index contributed by atoms with van der Waals surface area (Å²) in [6.45, 7) is 10.3. The van der Waals surface area contributed by atoms with Crippen LogP contribution in [-0.2, 0) is 9.53 Å². The van der Waals surface area contributed by atoms with Gasteiger partial charge in [0.2, 0.25) is 0 Å². The molecule has 0 aliphatic carbocycles. The average Bonchev–Trinajstić information content (AvgIpc) is 2.37. The molecule has 1 aromatic carbocycles. The lowest BCUT2D eigenvalue weighted by atomic mass is 10.2. The molecule has 0 bridgehead atoms. The van der Waals surface area contributed by atoms with Crippen molar-refractivity contribution in [2.24, 2.45) is 5.10 Å². The van der Waals surface area contributed by atoms with Crippen molar-refractivity contribution in [3.8, 4) is 0 Å². The molecule has 0 atom stereocenters. The molecule has 1 N–H and O–H groups in total. The number of esters is 1. The smallest absolute Gasteiger partial charge is 0.353 e. The Morgan fingerprint density at radius 2 is 2.22 bits per heavy atom.